The molecule has 3 rings (SSSR count). The Morgan fingerprint density at radius 1 is 1.50 bits per heavy atom. The van der Waals surface area contributed by atoms with Crippen LogP contribution in [0, 0.1) is 0 Å². The quantitative estimate of drug-likeness (QED) is 0.713. The molecule has 1 fully saturated rings. The Hall–Kier alpha value is -1.18. The molecule has 1 aromatic carbocycles. The smallest absolute Gasteiger partial charge is 0.233 e. The van der Waals surface area contributed by atoms with Gasteiger partial charge in [0, 0.05) is 17.3 Å². The second-order valence-corrected chi connectivity index (χ2v) is 8.12. The topological polar surface area (TPSA) is 51.0 Å². The molecule has 0 radical (unpaired) electrons. The number of benzene rings is 1. The minimum absolute atomic E-state index is 0.170. The van der Waals surface area contributed by atoms with E-state index in [1.165, 1.54) is 11.8 Å². The molecular formula is C16H19ClN4OS2. The van der Waals surface area contributed by atoms with Gasteiger partial charge in [0.2, 0.25) is 5.91 Å². The third kappa shape index (κ3) is 4.07. The van der Waals surface area contributed by atoms with Crippen LogP contribution in [0.2, 0.25) is 5.02 Å². The van der Waals surface area contributed by atoms with Gasteiger partial charge < -0.3 is 4.90 Å². The average molecular weight is 383 g/mol. The van der Waals surface area contributed by atoms with E-state index in [0.29, 0.717) is 21.3 Å². The highest BCUT2D eigenvalue weighted by Gasteiger charge is 2.28. The van der Waals surface area contributed by atoms with Crippen molar-refractivity contribution in [3.63, 3.8) is 0 Å². The Balaban J connectivity index is 1.65. The first-order chi connectivity index (χ1) is 11.7. The Morgan fingerprint density at radius 2 is 2.38 bits per heavy atom. The van der Waals surface area contributed by atoms with Crippen LogP contribution in [0.5, 0.6) is 0 Å². The summed E-state index contributed by atoms with van der Waals surface area (Å²) in [5.74, 6) is 1.57. The minimum atomic E-state index is 0.170. The van der Waals surface area contributed by atoms with E-state index in [2.05, 4.69) is 17.1 Å². The van der Waals surface area contributed by atoms with Crippen LogP contribution in [0.3, 0.4) is 0 Å². The Kier molecular flexibility index (Phi) is 6.08. The number of carbonyl (C=O) groups is 1. The number of carbonyl (C=O) groups excluding carboxylic acids is 1. The molecule has 5 nitrogen and oxygen atoms in total. The molecule has 0 bridgehead atoms. The van der Waals surface area contributed by atoms with E-state index in [9.17, 15) is 4.79 Å². The van der Waals surface area contributed by atoms with Crippen molar-refractivity contribution in [3.8, 4) is 5.69 Å². The van der Waals surface area contributed by atoms with Gasteiger partial charge in [0.15, 0.2) is 5.16 Å². The van der Waals surface area contributed by atoms with Gasteiger partial charge in [0.1, 0.15) is 6.33 Å². The lowest BCUT2D eigenvalue weighted by Gasteiger charge is -2.23. The van der Waals surface area contributed by atoms with Crippen LogP contribution in [-0.4, -0.2) is 49.0 Å². The third-order valence-electron chi connectivity index (χ3n) is 3.77. The molecule has 0 spiro atoms. The molecule has 24 heavy (non-hydrogen) atoms. The highest BCUT2D eigenvalue weighted by Crippen LogP contribution is 2.29. The molecule has 0 saturated carbocycles. The lowest BCUT2D eigenvalue weighted by Crippen LogP contribution is -2.36. The monoisotopic (exact) mass is 382 g/mol. The summed E-state index contributed by atoms with van der Waals surface area (Å²) in [6, 6.07) is 7.50. The fourth-order valence-electron chi connectivity index (χ4n) is 2.63. The number of thioether (sulfide) groups is 2. The van der Waals surface area contributed by atoms with Gasteiger partial charge in [-0.15, -0.1) is 22.0 Å². The molecule has 1 unspecified atom stereocenters. The Morgan fingerprint density at radius 3 is 3.17 bits per heavy atom. The number of hydrogen-bond donors (Lipinski definition) is 0. The number of halogens is 1. The molecule has 0 aliphatic carbocycles. The largest absolute Gasteiger partial charge is 0.329 e. The molecule has 1 aliphatic rings. The van der Waals surface area contributed by atoms with E-state index >= 15 is 0 Å². The first-order valence-corrected chi connectivity index (χ1v) is 10.3. The summed E-state index contributed by atoms with van der Waals surface area (Å²) < 4.78 is 1.85. The predicted octanol–water partition coefficient (Wildman–Crippen LogP) is 3.71. The van der Waals surface area contributed by atoms with E-state index in [1.54, 1.807) is 6.33 Å². The van der Waals surface area contributed by atoms with Gasteiger partial charge in [0.05, 0.1) is 16.8 Å². The number of nitrogens with zero attached hydrogens (tertiary/aromatic N) is 4. The summed E-state index contributed by atoms with van der Waals surface area (Å²) in [6.45, 7) is 3.00. The molecule has 8 heteroatoms. The van der Waals surface area contributed by atoms with Crippen molar-refractivity contribution in [1.29, 1.82) is 0 Å². The summed E-state index contributed by atoms with van der Waals surface area (Å²) in [4.78, 5) is 14.5. The summed E-state index contributed by atoms with van der Waals surface area (Å²) in [7, 11) is 0. The minimum Gasteiger partial charge on any atom is -0.329 e. The highest BCUT2D eigenvalue weighted by atomic mass is 35.5. The first-order valence-electron chi connectivity index (χ1n) is 7.89. The van der Waals surface area contributed by atoms with Gasteiger partial charge in [0.25, 0.3) is 0 Å². The second kappa shape index (κ2) is 8.27. The average Bonchev–Trinajstić information content (AvgIpc) is 3.22. The van der Waals surface area contributed by atoms with Crippen molar-refractivity contribution >= 4 is 41.0 Å². The van der Waals surface area contributed by atoms with Crippen molar-refractivity contribution in [1.82, 2.24) is 19.7 Å². The lowest BCUT2D eigenvalue weighted by molar-refractivity contribution is -0.128. The van der Waals surface area contributed by atoms with Gasteiger partial charge in [-0.2, -0.15) is 0 Å². The van der Waals surface area contributed by atoms with Gasteiger partial charge in [-0.1, -0.05) is 42.8 Å². The van der Waals surface area contributed by atoms with Crippen LogP contribution in [-0.2, 0) is 4.79 Å². The maximum absolute atomic E-state index is 12.5. The third-order valence-corrected chi connectivity index (χ3v) is 6.23. The Labute approximate surface area is 155 Å². The van der Waals surface area contributed by atoms with Crippen LogP contribution in [0.4, 0.5) is 0 Å². The maximum atomic E-state index is 12.5. The second-order valence-electron chi connectivity index (χ2n) is 5.45. The number of hydrogen-bond acceptors (Lipinski definition) is 5. The van der Waals surface area contributed by atoms with Crippen molar-refractivity contribution in [2.45, 2.75) is 30.3 Å². The van der Waals surface area contributed by atoms with Crippen LogP contribution in [0.1, 0.15) is 19.8 Å². The van der Waals surface area contributed by atoms with E-state index < -0.39 is 0 Å². The summed E-state index contributed by atoms with van der Waals surface area (Å²) in [5.41, 5.74) is 0.892. The molecule has 128 valence electrons. The normalized spacial score (nSPS) is 17.4. The van der Waals surface area contributed by atoms with Crippen LogP contribution < -0.4 is 0 Å². The van der Waals surface area contributed by atoms with Crippen molar-refractivity contribution in [3.05, 3.63) is 35.6 Å². The zero-order valence-corrected chi connectivity index (χ0v) is 15.8. The molecule has 1 aliphatic heterocycles. The van der Waals surface area contributed by atoms with Gasteiger partial charge in [-0.25, -0.2) is 0 Å². The SMILES string of the molecule is CCCC1SCCN1C(=O)CSc1nncn1-c1cccc(Cl)c1. The fraction of sp³-hybridized carbons (Fsp3) is 0.438. The number of aromatic nitrogens is 3. The van der Waals surface area contributed by atoms with Gasteiger partial charge >= 0.3 is 0 Å². The molecule has 0 N–H and O–H groups in total. The van der Waals surface area contributed by atoms with E-state index in [1.807, 2.05) is 45.5 Å². The van der Waals surface area contributed by atoms with Crippen molar-refractivity contribution < 1.29 is 4.79 Å². The molecule has 1 aromatic heterocycles. The van der Waals surface area contributed by atoms with Gasteiger partial charge in [-0.3, -0.25) is 9.36 Å². The maximum Gasteiger partial charge on any atom is 0.233 e. The fourth-order valence-corrected chi connectivity index (χ4v) is 5.01. The number of amides is 1. The molecule has 1 saturated heterocycles. The molecule has 2 heterocycles. The first kappa shape index (κ1) is 17.6. The molecular weight excluding hydrogens is 364 g/mol. The molecule has 1 atom stereocenters. The standard InChI is InChI=1S/C16H19ClN4OS2/c1-2-4-15-20(7-8-23-15)14(22)10-24-16-19-18-11-21(16)13-6-3-5-12(17)9-13/h3,5-6,9,11,15H,2,4,7-8,10H2,1H3. The molecule has 1 amide bonds. The van der Waals surface area contributed by atoms with Crippen LogP contribution in [0.25, 0.3) is 5.69 Å². The van der Waals surface area contributed by atoms with Crippen molar-refractivity contribution in [2.24, 2.45) is 0 Å². The summed E-state index contributed by atoms with van der Waals surface area (Å²) in [6.07, 6.45) is 3.79. The highest BCUT2D eigenvalue weighted by molar-refractivity contribution is 8.00. The zero-order valence-electron chi connectivity index (χ0n) is 13.4. The molecule has 2 aromatic rings. The summed E-state index contributed by atoms with van der Waals surface area (Å²) >= 11 is 9.34. The Bertz CT molecular complexity index is 709. The lowest BCUT2D eigenvalue weighted by atomic mass is 10.3. The van der Waals surface area contributed by atoms with E-state index in [0.717, 1.165) is 30.8 Å². The predicted molar refractivity (Wildman–Crippen MR) is 100.0 cm³/mol. The van der Waals surface area contributed by atoms with E-state index in [-0.39, 0.29) is 5.91 Å². The van der Waals surface area contributed by atoms with Crippen LogP contribution >= 0.6 is 35.1 Å². The van der Waals surface area contributed by atoms with E-state index in [4.69, 9.17) is 11.6 Å². The zero-order chi connectivity index (χ0) is 16.9. The summed E-state index contributed by atoms with van der Waals surface area (Å²) in [5, 5.41) is 9.78. The number of rotatable bonds is 6. The van der Waals surface area contributed by atoms with Crippen LogP contribution in [0.15, 0.2) is 35.7 Å². The van der Waals surface area contributed by atoms with Gasteiger partial charge in [-0.05, 0) is 24.6 Å². The van der Waals surface area contributed by atoms with Crippen molar-refractivity contribution in [2.75, 3.05) is 18.1 Å².